The lowest BCUT2D eigenvalue weighted by Crippen LogP contribution is -2.39. The van der Waals surface area contributed by atoms with Gasteiger partial charge in [0.25, 0.3) is 10.0 Å². The van der Waals surface area contributed by atoms with Gasteiger partial charge in [-0.05, 0) is 37.1 Å². The van der Waals surface area contributed by atoms with E-state index in [-0.39, 0.29) is 4.90 Å². The first-order valence-corrected chi connectivity index (χ1v) is 9.05. The molecule has 0 aliphatic carbocycles. The highest BCUT2D eigenvalue weighted by molar-refractivity contribution is 7.90. The van der Waals surface area contributed by atoms with E-state index in [9.17, 15) is 13.2 Å². The average molecular weight is 348 g/mol. The molecule has 0 spiro atoms. The number of aromatic nitrogens is 1. The number of nitrogens with zero attached hydrogens (tertiary/aromatic N) is 1. The summed E-state index contributed by atoms with van der Waals surface area (Å²) in [5.74, 6) is 0. The molecule has 0 aliphatic rings. The molecule has 2 amide bonds. The lowest BCUT2D eigenvalue weighted by atomic mass is 10.1. The number of amides is 2. The van der Waals surface area contributed by atoms with E-state index in [1.807, 2.05) is 35.9 Å². The molecule has 2 aromatic rings. The van der Waals surface area contributed by atoms with Gasteiger partial charge >= 0.3 is 6.03 Å². The fourth-order valence-electron chi connectivity index (χ4n) is 2.10. The number of anilines is 2. The predicted octanol–water partition coefficient (Wildman–Crippen LogP) is 2.40. The molecule has 7 nitrogen and oxygen atoms in total. The zero-order valence-electron chi connectivity index (χ0n) is 13.5. The van der Waals surface area contributed by atoms with Crippen LogP contribution in [0, 0.1) is 0 Å². The highest BCUT2D eigenvalue weighted by Crippen LogP contribution is 2.24. The maximum atomic E-state index is 12.4. The summed E-state index contributed by atoms with van der Waals surface area (Å²) in [6.45, 7) is 4.06. The number of rotatable bonds is 6. The van der Waals surface area contributed by atoms with Crippen LogP contribution in [-0.2, 0) is 16.4 Å². The molecule has 0 fully saturated rings. The third-order valence-corrected chi connectivity index (χ3v) is 4.61. The molecule has 0 saturated heterocycles. The van der Waals surface area contributed by atoms with Crippen LogP contribution >= 0.6 is 0 Å². The predicted molar refractivity (Wildman–Crippen MR) is 92.7 cm³/mol. The summed E-state index contributed by atoms with van der Waals surface area (Å²) in [4.78, 5) is 15.3. The number of benzene rings is 1. The van der Waals surface area contributed by atoms with Gasteiger partial charge in [-0.1, -0.05) is 19.1 Å². The normalized spacial score (nSPS) is 10.9. The number of aryl methyl sites for hydroxylation is 1. The highest BCUT2D eigenvalue weighted by atomic mass is 32.2. The van der Waals surface area contributed by atoms with E-state index in [1.54, 1.807) is 13.0 Å². The van der Waals surface area contributed by atoms with E-state index >= 15 is 0 Å². The van der Waals surface area contributed by atoms with Crippen LogP contribution in [0.3, 0.4) is 0 Å². The topological polar surface area (TPSA) is 100 Å². The van der Waals surface area contributed by atoms with Gasteiger partial charge in [-0.15, -0.1) is 0 Å². The van der Waals surface area contributed by atoms with E-state index in [0.29, 0.717) is 12.2 Å². The number of pyridine rings is 1. The van der Waals surface area contributed by atoms with E-state index in [2.05, 4.69) is 15.6 Å². The first kappa shape index (κ1) is 17.7. The third kappa shape index (κ3) is 4.45. The van der Waals surface area contributed by atoms with Crippen LogP contribution in [-0.4, -0.2) is 26.0 Å². The number of carbonyl (C=O) groups excluding carboxylic acids is 1. The molecule has 0 atom stereocenters. The molecule has 24 heavy (non-hydrogen) atoms. The Bertz CT molecular complexity index is 822. The summed E-state index contributed by atoms with van der Waals surface area (Å²) in [5, 5.41) is 5.45. The Morgan fingerprint density at radius 2 is 2.00 bits per heavy atom. The maximum absolute atomic E-state index is 12.4. The van der Waals surface area contributed by atoms with Crippen LogP contribution in [0.25, 0.3) is 0 Å². The average Bonchev–Trinajstić information content (AvgIpc) is 2.55. The fraction of sp³-hybridized carbons (Fsp3) is 0.250. The number of nitrogens with one attached hydrogen (secondary N) is 3. The molecule has 1 heterocycles. The van der Waals surface area contributed by atoms with Crippen molar-refractivity contribution in [3.8, 4) is 0 Å². The van der Waals surface area contributed by atoms with Crippen molar-refractivity contribution < 1.29 is 13.2 Å². The lowest BCUT2D eigenvalue weighted by Gasteiger charge is -2.13. The summed E-state index contributed by atoms with van der Waals surface area (Å²) in [7, 11) is -4.04. The molecule has 128 valence electrons. The summed E-state index contributed by atoms with van der Waals surface area (Å²) in [5.41, 5.74) is 2.23. The molecule has 0 aliphatic heterocycles. The molecule has 8 heteroatoms. The SMILES string of the molecule is CCNC(=O)NS(=O)(=O)c1cnccc1Nc1cccc(CC)c1. The quantitative estimate of drug-likeness (QED) is 0.744. The van der Waals surface area contributed by atoms with Crippen molar-refractivity contribution in [2.24, 2.45) is 0 Å². The Labute approximate surface area is 141 Å². The molecular weight excluding hydrogens is 328 g/mol. The summed E-state index contributed by atoms with van der Waals surface area (Å²) < 4.78 is 26.8. The van der Waals surface area contributed by atoms with Crippen molar-refractivity contribution in [1.82, 2.24) is 15.0 Å². The van der Waals surface area contributed by atoms with Gasteiger partial charge in [0.05, 0.1) is 5.69 Å². The Morgan fingerprint density at radius 1 is 1.21 bits per heavy atom. The second-order valence-corrected chi connectivity index (χ2v) is 6.67. The van der Waals surface area contributed by atoms with Crippen molar-refractivity contribution >= 4 is 27.4 Å². The highest BCUT2D eigenvalue weighted by Gasteiger charge is 2.21. The Hall–Kier alpha value is -2.61. The number of hydrogen-bond donors (Lipinski definition) is 3. The van der Waals surface area contributed by atoms with Gasteiger partial charge in [-0.25, -0.2) is 17.9 Å². The number of carbonyl (C=O) groups is 1. The molecule has 3 N–H and O–H groups in total. The molecule has 0 radical (unpaired) electrons. The van der Waals surface area contributed by atoms with Crippen LogP contribution < -0.4 is 15.4 Å². The monoisotopic (exact) mass is 348 g/mol. The van der Waals surface area contributed by atoms with Gasteiger partial charge in [0.2, 0.25) is 0 Å². The van der Waals surface area contributed by atoms with E-state index in [0.717, 1.165) is 17.7 Å². The molecule has 0 unspecified atom stereocenters. The Morgan fingerprint density at radius 3 is 2.71 bits per heavy atom. The molecule has 0 bridgehead atoms. The maximum Gasteiger partial charge on any atom is 0.328 e. The summed E-state index contributed by atoms with van der Waals surface area (Å²) in [6.07, 6.45) is 3.56. The van der Waals surface area contributed by atoms with Crippen LogP contribution in [0.4, 0.5) is 16.2 Å². The number of urea groups is 1. The van der Waals surface area contributed by atoms with Crippen molar-refractivity contribution in [3.63, 3.8) is 0 Å². The Kier molecular flexibility index (Phi) is 5.75. The Balaban J connectivity index is 2.31. The zero-order valence-corrected chi connectivity index (χ0v) is 14.4. The van der Waals surface area contributed by atoms with Crippen molar-refractivity contribution in [1.29, 1.82) is 0 Å². The van der Waals surface area contributed by atoms with Gasteiger partial charge in [0, 0.05) is 24.6 Å². The molecule has 1 aromatic heterocycles. The molecule has 0 saturated carbocycles. The lowest BCUT2D eigenvalue weighted by molar-refractivity contribution is 0.246. The minimum Gasteiger partial charge on any atom is -0.354 e. The summed E-state index contributed by atoms with van der Waals surface area (Å²) in [6, 6.07) is 8.43. The van der Waals surface area contributed by atoms with Crippen LogP contribution in [0.1, 0.15) is 19.4 Å². The smallest absolute Gasteiger partial charge is 0.328 e. The largest absolute Gasteiger partial charge is 0.354 e. The van der Waals surface area contributed by atoms with E-state index in [4.69, 9.17) is 0 Å². The van der Waals surface area contributed by atoms with E-state index < -0.39 is 16.1 Å². The van der Waals surface area contributed by atoms with Gasteiger partial charge in [-0.2, -0.15) is 0 Å². The standard InChI is InChI=1S/C16H20N4O3S/c1-3-12-6-5-7-13(10-12)19-14-8-9-17-11-15(14)24(22,23)20-16(21)18-4-2/h5-11H,3-4H2,1-2H3,(H,17,19)(H2,18,20,21). The van der Waals surface area contributed by atoms with Crippen molar-refractivity contribution in [3.05, 3.63) is 48.3 Å². The van der Waals surface area contributed by atoms with Gasteiger partial charge in [-0.3, -0.25) is 4.98 Å². The number of sulfonamides is 1. The minimum atomic E-state index is -4.04. The zero-order chi connectivity index (χ0) is 17.6. The van der Waals surface area contributed by atoms with Crippen molar-refractivity contribution in [2.45, 2.75) is 25.2 Å². The molecular formula is C16H20N4O3S. The van der Waals surface area contributed by atoms with E-state index in [1.165, 1.54) is 12.4 Å². The molecule has 1 aromatic carbocycles. The van der Waals surface area contributed by atoms with Crippen LogP contribution in [0.2, 0.25) is 0 Å². The van der Waals surface area contributed by atoms with Crippen LogP contribution in [0.15, 0.2) is 47.6 Å². The van der Waals surface area contributed by atoms with Gasteiger partial charge in [0.1, 0.15) is 4.90 Å². The molecule has 2 rings (SSSR count). The van der Waals surface area contributed by atoms with Gasteiger partial charge in [0.15, 0.2) is 0 Å². The van der Waals surface area contributed by atoms with Crippen molar-refractivity contribution in [2.75, 3.05) is 11.9 Å². The number of hydrogen-bond acceptors (Lipinski definition) is 5. The first-order chi connectivity index (χ1) is 11.5. The summed E-state index contributed by atoms with van der Waals surface area (Å²) >= 11 is 0. The second-order valence-electron chi connectivity index (χ2n) is 5.02. The fourth-order valence-corrected chi connectivity index (χ4v) is 3.13. The minimum absolute atomic E-state index is 0.0989. The van der Waals surface area contributed by atoms with Gasteiger partial charge < -0.3 is 10.6 Å². The third-order valence-electron chi connectivity index (χ3n) is 3.25. The second kappa shape index (κ2) is 7.78. The first-order valence-electron chi connectivity index (χ1n) is 7.57. The van der Waals surface area contributed by atoms with Crippen LogP contribution in [0.5, 0.6) is 0 Å².